The van der Waals surface area contributed by atoms with E-state index >= 15 is 0 Å². The minimum Gasteiger partial charge on any atom is -0.496 e. The molecule has 112 valence electrons. The van der Waals surface area contributed by atoms with Crippen LogP contribution in [0.2, 0.25) is 0 Å². The SMILES string of the molecule is COc1ccc(/C=C2\C(=O)Nc3c(Br)cc(Br)cc32)cc1Br. The van der Waals surface area contributed by atoms with E-state index in [0.717, 1.165) is 36.0 Å². The van der Waals surface area contributed by atoms with Crippen LogP contribution in [-0.2, 0) is 4.79 Å². The summed E-state index contributed by atoms with van der Waals surface area (Å²) in [6.45, 7) is 0. The minimum atomic E-state index is -0.110. The summed E-state index contributed by atoms with van der Waals surface area (Å²) in [4.78, 5) is 12.3. The monoisotopic (exact) mass is 485 g/mol. The van der Waals surface area contributed by atoms with Crippen LogP contribution in [0.15, 0.2) is 43.7 Å². The predicted octanol–water partition coefficient (Wildman–Crippen LogP) is 5.48. The summed E-state index contributed by atoms with van der Waals surface area (Å²) in [5, 5.41) is 2.89. The molecule has 1 aliphatic rings. The maximum Gasteiger partial charge on any atom is 0.256 e. The van der Waals surface area contributed by atoms with Crippen LogP contribution in [0.4, 0.5) is 5.69 Å². The van der Waals surface area contributed by atoms with Gasteiger partial charge in [0, 0.05) is 20.1 Å². The van der Waals surface area contributed by atoms with Crippen LogP contribution in [0, 0.1) is 0 Å². The molecule has 1 N–H and O–H groups in total. The number of carbonyl (C=O) groups excluding carboxylic acids is 1. The van der Waals surface area contributed by atoms with Crippen LogP contribution in [0.25, 0.3) is 11.6 Å². The topological polar surface area (TPSA) is 38.3 Å². The predicted molar refractivity (Wildman–Crippen MR) is 99.0 cm³/mol. The van der Waals surface area contributed by atoms with Crippen LogP contribution < -0.4 is 10.1 Å². The van der Waals surface area contributed by atoms with Crippen molar-refractivity contribution in [3.8, 4) is 5.75 Å². The van der Waals surface area contributed by atoms with Crippen molar-refractivity contribution in [2.75, 3.05) is 12.4 Å². The van der Waals surface area contributed by atoms with E-state index in [4.69, 9.17) is 4.74 Å². The Kier molecular flexibility index (Phi) is 4.43. The van der Waals surface area contributed by atoms with Crippen molar-refractivity contribution < 1.29 is 9.53 Å². The molecule has 1 heterocycles. The Morgan fingerprint density at radius 1 is 1.09 bits per heavy atom. The lowest BCUT2D eigenvalue weighted by Crippen LogP contribution is -2.03. The molecule has 0 unspecified atom stereocenters. The van der Waals surface area contributed by atoms with Crippen molar-refractivity contribution >= 4 is 71.0 Å². The number of benzene rings is 2. The number of methoxy groups -OCH3 is 1. The van der Waals surface area contributed by atoms with Gasteiger partial charge in [0.2, 0.25) is 0 Å². The van der Waals surface area contributed by atoms with Gasteiger partial charge < -0.3 is 10.1 Å². The Morgan fingerprint density at radius 2 is 1.86 bits per heavy atom. The van der Waals surface area contributed by atoms with Gasteiger partial charge in [0.15, 0.2) is 0 Å². The normalized spacial score (nSPS) is 14.9. The van der Waals surface area contributed by atoms with Gasteiger partial charge in [0.25, 0.3) is 5.91 Å². The number of hydrogen-bond donors (Lipinski definition) is 1. The van der Waals surface area contributed by atoms with Crippen LogP contribution >= 0.6 is 47.8 Å². The molecule has 0 saturated carbocycles. The Balaban J connectivity index is 2.10. The molecule has 2 aromatic carbocycles. The summed E-state index contributed by atoms with van der Waals surface area (Å²) in [6.07, 6.45) is 1.87. The second kappa shape index (κ2) is 6.18. The van der Waals surface area contributed by atoms with E-state index in [-0.39, 0.29) is 5.91 Å². The van der Waals surface area contributed by atoms with Crippen molar-refractivity contribution in [1.82, 2.24) is 0 Å². The lowest BCUT2D eigenvalue weighted by molar-refractivity contribution is -0.110. The molecule has 0 fully saturated rings. The summed E-state index contributed by atoms with van der Waals surface area (Å²) in [6, 6.07) is 9.54. The summed E-state index contributed by atoms with van der Waals surface area (Å²) in [5.41, 5.74) is 3.22. The lowest BCUT2D eigenvalue weighted by atomic mass is 10.0. The second-order valence-electron chi connectivity index (χ2n) is 4.72. The lowest BCUT2D eigenvalue weighted by Gasteiger charge is -2.05. The molecule has 1 aliphatic heterocycles. The molecule has 3 rings (SSSR count). The number of hydrogen-bond acceptors (Lipinski definition) is 2. The van der Waals surface area contributed by atoms with Crippen molar-refractivity contribution in [3.63, 3.8) is 0 Å². The van der Waals surface area contributed by atoms with Gasteiger partial charge >= 0.3 is 0 Å². The van der Waals surface area contributed by atoms with Crippen LogP contribution in [0.3, 0.4) is 0 Å². The third-order valence-corrected chi connectivity index (χ3v) is 5.02. The maximum absolute atomic E-state index is 12.3. The average Bonchev–Trinajstić information content (AvgIpc) is 2.77. The van der Waals surface area contributed by atoms with Gasteiger partial charge in [0.1, 0.15) is 5.75 Å². The highest BCUT2D eigenvalue weighted by Crippen LogP contribution is 2.40. The van der Waals surface area contributed by atoms with Gasteiger partial charge in [-0.3, -0.25) is 4.79 Å². The molecule has 1 amide bonds. The number of nitrogens with one attached hydrogen (secondary N) is 1. The number of halogens is 3. The third kappa shape index (κ3) is 2.87. The Labute approximate surface area is 153 Å². The van der Waals surface area contributed by atoms with Gasteiger partial charge in [0.05, 0.1) is 17.3 Å². The summed E-state index contributed by atoms with van der Waals surface area (Å²) >= 11 is 10.4. The molecule has 0 bridgehead atoms. The summed E-state index contributed by atoms with van der Waals surface area (Å²) in [7, 11) is 1.62. The largest absolute Gasteiger partial charge is 0.496 e. The smallest absolute Gasteiger partial charge is 0.256 e. The highest BCUT2D eigenvalue weighted by atomic mass is 79.9. The standard InChI is InChI=1S/C16H10Br3NO2/c1-22-14-3-2-8(5-12(14)18)4-11-10-6-9(17)7-13(19)15(10)20-16(11)21/h2-7H,1H3,(H,20,21)/b11-4-. The molecular weight excluding hydrogens is 478 g/mol. The van der Waals surface area contributed by atoms with Gasteiger partial charge in [-0.1, -0.05) is 22.0 Å². The van der Waals surface area contributed by atoms with Gasteiger partial charge in [-0.25, -0.2) is 0 Å². The molecule has 0 radical (unpaired) electrons. The van der Waals surface area contributed by atoms with Crippen molar-refractivity contribution in [3.05, 3.63) is 54.9 Å². The van der Waals surface area contributed by atoms with E-state index in [0.29, 0.717) is 5.57 Å². The van der Waals surface area contributed by atoms with Crippen molar-refractivity contribution in [1.29, 1.82) is 0 Å². The van der Waals surface area contributed by atoms with Gasteiger partial charge in [-0.15, -0.1) is 0 Å². The maximum atomic E-state index is 12.3. The fraction of sp³-hybridized carbons (Fsp3) is 0.0625. The van der Waals surface area contributed by atoms with Gasteiger partial charge in [-0.05, 0) is 67.8 Å². The van der Waals surface area contributed by atoms with Crippen molar-refractivity contribution in [2.45, 2.75) is 0 Å². The van der Waals surface area contributed by atoms with Gasteiger partial charge in [-0.2, -0.15) is 0 Å². The van der Waals surface area contributed by atoms with E-state index in [2.05, 4.69) is 53.1 Å². The first kappa shape index (κ1) is 15.8. The molecule has 6 heteroatoms. The van der Waals surface area contributed by atoms with E-state index in [1.165, 1.54) is 0 Å². The molecule has 0 atom stereocenters. The first-order chi connectivity index (χ1) is 10.5. The van der Waals surface area contributed by atoms with E-state index in [9.17, 15) is 4.79 Å². The number of fused-ring (bicyclic) bond motifs is 1. The van der Waals surface area contributed by atoms with Crippen molar-refractivity contribution in [2.24, 2.45) is 0 Å². The zero-order chi connectivity index (χ0) is 15.9. The fourth-order valence-electron chi connectivity index (χ4n) is 2.30. The minimum absolute atomic E-state index is 0.110. The Bertz CT molecular complexity index is 815. The number of rotatable bonds is 2. The number of ether oxygens (including phenoxy) is 1. The molecule has 0 spiro atoms. The molecule has 0 saturated heterocycles. The number of carbonyl (C=O) groups is 1. The van der Waals surface area contributed by atoms with E-state index in [1.807, 2.05) is 36.4 Å². The first-order valence-corrected chi connectivity index (χ1v) is 8.73. The second-order valence-corrected chi connectivity index (χ2v) is 7.34. The highest BCUT2D eigenvalue weighted by molar-refractivity contribution is 9.11. The molecular formula is C16H10Br3NO2. The fourth-order valence-corrected chi connectivity index (χ4v) is 4.18. The Hall–Kier alpha value is -1.11. The zero-order valence-corrected chi connectivity index (χ0v) is 16.2. The summed E-state index contributed by atoms with van der Waals surface area (Å²) in [5.74, 6) is 0.643. The summed E-state index contributed by atoms with van der Waals surface area (Å²) < 4.78 is 7.83. The quantitative estimate of drug-likeness (QED) is 0.570. The average molecular weight is 488 g/mol. The third-order valence-electron chi connectivity index (χ3n) is 3.32. The molecule has 0 aromatic heterocycles. The van der Waals surface area contributed by atoms with Crippen LogP contribution in [0.1, 0.15) is 11.1 Å². The zero-order valence-electron chi connectivity index (χ0n) is 11.4. The first-order valence-electron chi connectivity index (χ1n) is 6.35. The van der Waals surface area contributed by atoms with Crippen LogP contribution in [0.5, 0.6) is 5.75 Å². The number of anilines is 1. The molecule has 2 aromatic rings. The van der Waals surface area contributed by atoms with E-state index in [1.54, 1.807) is 7.11 Å². The highest BCUT2D eigenvalue weighted by Gasteiger charge is 2.26. The number of amides is 1. The molecule has 3 nitrogen and oxygen atoms in total. The van der Waals surface area contributed by atoms with Crippen LogP contribution in [-0.4, -0.2) is 13.0 Å². The molecule has 0 aliphatic carbocycles. The Morgan fingerprint density at radius 3 is 2.55 bits per heavy atom. The van der Waals surface area contributed by atoms with E-state index < -0.39 is 0 Å². The molecule has 22 heavy (non-hydrogen) atoms.